The number of nitrogens with zero attached hydrogens (tertiary/aromatic N) is 2. The molecule has 0 atom stereocenters. The Morgan fingerprint density at radius 2 is 1.76 bits per heavy atom. The molecule has 2 N–H and O–H groups in total. The first-order valence-corrected chi connectivity index (χ1v) is 7.31. The summed E-state index contributed by atoms with van der Waals surface area (Å²) in [5.41, 5.74) is 6.95. The number of benzene rings is 1. The third kappa shape index (κ3) is 2.71. The van der Waals surface area contributed by atoms with Crippen molar-refractivity contribution in [1.82, 2.24) is 9.55 Å². The highest BCUT2D eigenvalue weighted by atomic mass is 19.4. The number of anilines is 1. The molecule has 1 aliphatic carbocycles. The fraction of sp³-hybridized carbons (Fsp3) is 0.533. The molecule has 3 nitrogen and oxygen atoms in total. The van der Waals surface area contributed by atoms with Gasteiger partial charge in [0.2, 0.25) is 5.82 Å². The van der Waals surface area contributed by atoms with Gasteiger partial charge in [0.15, 0.2) is 0 Å². The summed E-state index contributed by atoms with van der Waals surface area (Å²) in [6.45, 7) is 0. The fourth-order valence-electron chi connectivity index (χ4n) is 3.20. The van der Waals surface area contributed by atoms with Crippen LogP contribution in [0, 0.1) is 0 Å². The Labute approximate surface area is 121 Å². The van der Waals surface area contributed by atoms with Crippen LogP contribution in [0.5, 0.6) is 0 Å². The smallest absolute Gasteiger partial charge is 0.399 e. The maximum atomic E-state index is 13.3. The number of alkyl halides is 3. The van der Waals surface area contributed by atoms with E-state index in [1.807, 2.05) is 0 Å². The standard InChI is InChI=1S/C15H18F3N3/c16-15(17,18)14-20-12-9-10(19)7-8-13(12)21(14)11-5-3-1-2-4-6-11/h7-9,11H,1-6,19H2. The van der Waals surface area contributed by atoms with Crippen molar-refractivity contribution in [3.8, 4) is 0 Å². The Balaban J connectivity index is 2.17. The number of halogens is 3. The summed E-state index contributed by atoms with van der Waals surface area (Å²) in [6.07, 6.45) is 1.24. The summed E-state index contributed by atoms with van der Waals surface area (Å²) >= 11 is 0. The van der Waals surface area contributed by atoms with Gasteiger partial charge in [-0.3, -0.25) is 0 Å². The van der Waals surface area contributed by atoms with Crippen LogP contribution in [0.2, 0.25) is 0 Å². The molecule has 0 radical (unpaired) electrons. The topological polar surface area (TPSA) is 43.8 Å². The van der Waals surface area contributed by atoms with Crippen LogP contribution in [0.4, 0.5) is 18.9 Å². The van der Waals surface area contributed by atoms with Gasteiger partial charge in [-0.05, 0) is 31.0 Å². The van der Waals surface area contributed by atoms with Gasteiger partial charge >= 0.3 is 6.18 Å². The van der Waals surface area contributed by atoms with Gasteiger partial charge in [0.05, 0.1) is 11.0 Å². The molecule has 0 aliphatic heterocycles. The normalized spacial score (nSPS) is 18.0. The Morgan fingerprint density at radius 1 is 1.10 bits per heavy atom. The van der Waals surface area contributed by atoms with Gasteiger partial charge in [-0.25, -0.2) is 4.98 Å². The number of rotatable bonds is 1. The predicted molar refractivity (Wildman–Crippen MR) is 75.9 cm³/mol. The van der Waals surface area contributed by atoms with Crippen LogP contribution in [0.1, 0.15) is 50.4 Å². The number of fused-ring (bicyclic) bond motifs is 1. The second-order valence-corrected chi connectivity index (χ2v) is 5.70. The van der Waals surface area contributed by atoms with E-state index in [1.54, 1.807) is 12.1 Å². The molecule has 0 amide bonds. The third-order valence-electron chi connectivity index (χ3n) is 4.16. The molecule has 1 heterocycles. The van der Waals surface area contributed by atoms with Crippen LogP contribution in [0.15, 0.2) is 18.2 Å². The minimum atomic E-state index is -4.44. The van der Waals surface area contributed by atoms with Crippen LogP contribution in [-0.4, -0.2) is 9.55 Å². The molecule has 21 heavy (non-hydrogen) atoms. The Morgan fingerprint density at radius 3 is 2.38 bits per heavy atom. The largest absolute Gasteiger partial charge is 0.449 e. The van der Waals surface area contributed by atoms with Gasteiger partial charge in [0.25, 0.3) is 0 Å². The molecule has 1 fully saturated rings. The first kappa shape index (κ1) is 14.2. The molecular formula is C15H18F3N3. The predicted octanol–water partition coefficient (Wildman–Crippen LogP) is 4.53. The molecule has 0 saturated heterocycles. The van der Waals surface area contributed by atoms with E-state index in [4.69, 9.17) is 5.73 Å². The van der Waals surface area contributed by atoms with E-state index in [0.717, 1.165) is 38.5 Å². The van der Waals surface area contributed by atoms with E-state index < -0.39 is 12.0 Å². The highest BCUT2D eigenvalue weighted by Crippen LogP contribution is 2.38. The van der Waals surface area contributed by atoms with Crippen molar-refractivity contribution < 1.29 is 13.2 Å². The molecule has 114 valence electrons. The van der Waals surface area contributed by atoms with Crippen molar-refractivity contribution in [2.75, 3.05) is 5.73 Å². The van der Waals surface area contributed by atoms with E-state index in [0.29, 0.717) is 16.7 Å². The van der Waals surface area contributed by atoms with Crippen molar-refractivity contribution in [1.29, 1.82) is 0 Å². The maximum absolute atomic E-state index is 13.3. The number of aromatic nitrogens is 2. The molecule has 1 saturated carbocycles. The van der Waals surface area contributed by atoms with Gasteiger partial charge in [-0.1, -0.05) is 25.7 Å². The molecule has 0 bridgehead atoms. The molecule has 1 aliphatic rings. The summed E-state index contributed by atoms with van der Waals surface area (Å²) in [4.78, 5) is 3.81. The lowest BCUT2D eigenvalue weighted by Crippen LogP contribution is -2.19. The van der Waals surface area contributed by atoms with Gasteiger partial charge in [0, 0.05) is 11.7 Å². The number of hydrogen-bond acceptors (Lipinski definition) is 2. The highest BCUT2D eigenvalue weighted by Gasteiger charge is 2.39. The molecule has 1 aromatic heterocycles. The van der Waals surface area contributed by atoms with Gasteiger partial charge in [-0.15, -0.1) is 0 Å². The summed E-state index contributed by atoms with van der Waals surface area (Å²) in [5.74, 6) is -0.796. The summed E-state index contributed by atoms with van der Waals surface area (Å²) in [6, 6.07) is 4.67. The van der Waals surface area contributed by atoms with Gasteiger partial charge in [-0.2, -0.15) is 13.2 Å². The van der Waals surface area contributed by atoms with Crippen molar-refractivity contribution in [2.24, 2.45) is 0 Å². The minimum Gasteiger partial charge on any atom is -0.399 e. The molecule has 0 spiro atoms. The molecule has 3 rings (SSSR count). The summed E-state index contributed by atoms with van der Waals surface area (Å²) in [7, 11) is 0. The molecule has 0 unspecified atom stereocenters. The second kappa shape index (κ2) is 5.24. The monoisotopic (exact) mass is 297 g/mol. The first-order chi connectivity index (χ1) is 9.97. The van der Waals surface area contributed by atoms with Crippen LogP contribution < -0.4 is 5.73 Å². The first-order valence-electron chi connectivity index (χ1n) is 7.31. The van der Waals surface area contributed by atoms with Crippen LogP contribution in [0.25, 0.3) is 11.0 Å². The average molecular weight is 297 g/mol. The quantitative estimate of drug-likeness (QED) is 0.620. The molecule has 1 aromatic carbocycles. The third-order valence-corrected chi connectivity index (χ3v) is 4.16. The number of hydrogen-bond donors (Lipinski definition) is 1. The van der Waals surface area contributed by atoms with Crippen molar-refractivity contribution >= 4 is 16.7 Å². The number of nitrogen functional groups attached to an aromatic ring is 1. The van der Waals surface area contributed by atoms with Crippen LogP contribution in [-0.2, 0) is 6.18 Å². The van der Waals surface area contributed by atoms with Crippen LogP contribution >= 0.6 is 0 Å². The van der Waals surface area contributed by atoms with E-state index in [2.05, 4.69) is 4.98 Å². The Bertz CT molecular complexity index is 637. The van der Waals surface area contributed by atoms with Gasteiger partial charge in [0.1, 0.15) is 0 Å². The van der Waals surface area contributed by atoms with Crippen molar-refractivity contribution in [2.45, 2.75) is 50.7 Å². The Kier molecular flexibility index (Phi) is 3.55. The SMILES string of the molecule is Nc1ccc2c(c1)nc(C(F)(F)F)n2C1CCCCCC1. The second-order valence-electron chi connectivity index (χ2n) is 5.70. The fourth-order valence-corrected chi connectivity index (χ4v) is 3.20. The van der Waals surface area contributed by atoms with Gasteiger partial charge < -0.3 is 10.3 Å². The van der Waals surface area contributed by atoms with Crippen LogP contribution in [0.3, 0.4) is 0 Å². The lowest BCUT2D eigenvalue weighted by atomic mass is 10.1. The van der Waals surface area contributed by atoms with Crippen molar-refractivity contribution in [3.05, 3.63) is 24.0 Å². The van der Waals surface area contributed by atoms with E-state index >= 15 is 0 Å². The zero-order chi connectivity index (χ0) is 15.0. The number of nitrogens with two attached hydrogens (primary N) is 1. The molecule has 2 aromatic rings. The number of imidazole rings is 1. The lowest BCUT2D eigenvalue weighted by molar-refractivity contribution is -0.147. The summed E-state index contributed by atoms with van der Waals surface area (Å²) < 4.78 is 41.4. The lowest BCUT2D eigenvalue weighted by Gasteiger charge is -2.21. The van der Waals surface area contributed by atoms with E-state index in [-0.39, 0.29) is 6.04 Å². The average Bonchev–Trinajstić information content (AvgIpc) is 2.60. The summed E-state index contributed by atoms with van der Waals surface area (Å²) in [5, 5.41) is 0. The highest BCUT2D eigenvalue weighted by molar-refractivity contribution is 5.80. The van der Waals surface area contributed by atoms with E-state index in [9.17, 15) is 13.2 Å². The molecular weight excluding hydrogens is 279 g/mol. The zero-order valence-electron chi connectivity index (χ0n) is 11.7. The zero-order valence-corrected chi connectivity index (χ0v) is 11.7. The van der Waals surface area contributed by atoms with E-state index in [1.165, 1.54) is 10.6 Å². The van der Waals surface area contributed by atoms with Crippen molar-refractivity contribution in [3.63, 3.8) is 0 Å². The maximum Gasteiger partial charge on any atom is 0.449 e. The minimum absolute atomic E-state index is 0.127. The Hall–Kier alpha value is -1.72. The molecule has 6 heteroatoms.